The Bertz CT molecular complexity index is 588. The Labute approximate surface area is 165 Å². The first-order chi connectivity index (χ1) is 13.3. The van der Waals surface area contributed by atoms with Gasteiger partial charge in [-0.25, -0.2) is 0 Å². The summed E-state index contributed by atoms with van der Waals surface area (Å²) in [7, 11) is 0. The quantitative estimate of drug-likeness (QED) is 0.559. The van der Waals surface area contributed by atoms with Crippen molar-refractivity contribution in [3.63, 3.8) is 0 Å². The molecule has 2 rings (SSSR count). The Hall–Kier alpha value is -2.64. The van der Waals surface area contributed by atoms with Crippen LogP contribution in [0.2, 0.25) is 0 Å². The second-order valence-corrected chi connectivity index (χ2v) is 6.70. The number of rotatable bonds is 5. The molecule has 0 aromatic carbocycles. The average Bonchev–Trinajstić information content (AvgIpc) is 2.73. The fraction of sp³-hybridized carbons (Fsp3) is 0.600. The van der Waals surface area contributed by atoms with Gasteiger partial charge in [-0.1, -0.05) is 13.2 Å². The van der Waals surface area contributed by atoms with E-state index in [9.17, 15) is 19.2 Å². The molecule has 0 aromatic rings. The standard InChI is InChI=1S/C11H17NO3.C9H13NO3/c1-3-10(13)12-7-5-9(6-8-12)11(14)15-4-2;1-2-8(11)10-5-3-7(4-6-10)9(12)13/h3,9H,1,4-8H2,2H3;2,7H,1,3-6H2,(H,12,13). The Morgan fingerprint density at radius 1 is 0.893 bits per heavy atom. The van der Waals surface area contributed by atoms with Gasteiger partial charge in [-0.2, -0.15) is 0 Å². The first-order valence-corrected chi connectivity index (χ1v) is 9.56. The van der Waals surface area contributed by atoms with Gasteiger partial charge in [0.05, 0.1) is 18.4 Å². The van der Waals surface area contributed by atoms with E-state index in [0.29, 0.717) is 58.5 Å². The van der Waals surface area contributed by atoms with Gasteiger partial charge in [0.2, 0.25) is 11.8 Å². The predicted molar refractivity (Wildman–Crippen MR) is 103 cm³/mol. The molecule has 8 heteroatoms. The molecule has 28 heavy (non-hydrogen) atoms. The van der Waals surface area contributed by atoms with Crippen molar-refractivity contribution in [2.75, 3.05) is 32.8 Å². The van der Waals surface area contributed by atoms with E-state index < -0.39 is 5.97 Å². The highest BCUT2D eigenvalue weighted by atomic mass is 16.5. The fourth-order valence-corrected chi connectivity index (χ4v) is 3.20. The van der Waals surface area contributed by atoms with Crippen LogP contribution in [0.5, 0.6) is 0 Å². The number of nitrogens with zero attached hydrogens (tertiary/aromatic N) is 2. The molecule has 2 aliphatic rings. The first-order valence-electron chi connectivity index (χ1n) is 9.56. The van der Waals surface area contributed by atoms with Gasteiger partial charge in [-0.15, -0.1) is 0 Å². The lowest BCUT2D eigenvalue weighted by atomic mass is 9.97. The lowest BCUT2D eigenvalue weighted by Crippen LogP contribution is -2.39. The van der Waals surface area contributed by atoms with Crippen LogP contribution in [0.4, 0.5) is 0 Å². The molecular weight excluding hydrogens is 364 g/mol. The largest absolute Gasteiger partial charge is 0.481 e. The molecule has 2 aliphatic heterocycles. The third kappa shape index (κ3) is 7.17. The Morgan fingerprint density at radius 3 is 1.61 bits per heavy atom. The van der Waals surface area contributed by atoms with Crippen molar-refractivity contribution in [2.24, 2.45) is 11.8 Å². The Balaban J connectivity index is 0.000000283. The van der Waals surface area contributed by atoms with Crippen LogP contribution in [-0.2, 0) is 23.9 Å². The molecule has 0 spiro atoms. The number of amides is 2. The van der Waals surface area contributed by atoms with Crippen molar-refractivity contribution in [3.05, 3.63) is 25.3 Å². The summed E-state index contributed by atoms with van der Waals surface area (Å²) in [6.07, 6.45) is 5.06. The van der Waals surface area contributed by atoms with Gasteiger partial charge in [0.1, 0.15) is 0 Å². The van der Waals surface area contributed by atoms with Crippen LogP contribution >= 0.6 is 0 Å². The smallest absolute Gasteiger partial charge is 0.309 e. The zero-order chi connectivity index (χ0) is 21.1. The number of hydrogen-bond donors (Lipinski definition) is 1. The highest BCUT2D eigenvalue weighted by Gasteiger charge is 2.27. The number of carboxylic acids is 1. The molecule has 0 bridgehead atoms. The van der Waals surface area contributed by atoms with Crippen LogP contribution in [0, 0.1) is 11.8 Å². The van der Waals surface area contributed by atoms with Gasteiger partial charge in [0.15, 0.2) is 0 Å². The van der Waals surface area contributed by atoms with E-state index in [4.69, 9.17) is 9.84 Å². The summed E-state index contributed by atoms with van der Waals surface area (Å²) >= 11 is 0. The summed E-state index contributed by atoms with van der Waals surface area (Å²) in [6.45, 7) is 11.3. The molecule has 0 unspecified atom stereocenters. The predicted octanol–water partition coefficient (Wildman–Crippen LogP) is 1.47. The van der Waals surface area contributed by atoms with Gasteiger partial charge in [0.25, 0.3) is 0 Å². The number of carbonyl (C=O) groups is 4. The van der Waals surface area contributed by atoms with Crippen molar-refractivity contribution in [3.8, 4) is 0 Å². The highest BCUT2D eigenvalue weighted by Crippen LogP contribution is 2.19. The highest BCUT2D eigenvalue weighted by molar-refractivity contribution is 5.87. The zero-order valence-electron chi connectivity index (χ0n) is 16.5. The molecule has 0 saturated carbocycles. The third-order valence-corrected chi connectivity index (χ3v) is 4.93. The van der Waals surface area contributed by atoms with Crippen LogP contribution < -0.4 is 0 Å². The number of esters is 1. The van der Waals surface area contributed by atoms with Crippen molar-refractivity contribution in [2.45, 2.75) is 32.6 Å². The summed E-state index contributed by atoms with van der Waals surface area (Å²) in [4.78, 5) is 47.7. The van der Waals surface area contributed by atoms with E-state index in [2.05, 4.69) is 13.2 Å². The van der Waals surface area contributed by atoms with Crippen LogP contribution in [0.3, 0.4) is 0 Å². The number of likely N-dealkylation sites (tertiary alicyclic amines) is 2. The van der Waals surface area contributed by atoms with Gasteiger partial charge in [-0.05, 0) is 44.8 Å². The SMILES string of the molecule is C=CC(=O)N1CCC(C(=O)O)CC1.C=CC(=O)N1CCC(C(=O)OCC)CC1. The third-order valence-electron chi connectivity index (χ3n) is 4.93. The molecule has 0 atom stereocenters. The maximum atomic E-state index is 11.4. The topological polar surface area (TPSA) is 104 Å². The van der Waals surface area contributed by atoms with Crippen LogP contribution in [0.15, 0.2) is 25.3 Å². The molecule has 2 saturated heterocycles. The van der Waals surface area contributed by atoms with Crippen LogP contribution in [0.25, 0.3) is 0 Å². The Kier molecular flexibility index (Phi) is 9.98. The van der Waals surface area contributed by atoms with E-state index in [-0.39, 0.29) is 29.6 Å². The zero-order valence-corrected chi connectivity index (χ0v) is 16.5. The van der Waals surface area contributed by atoms with E-state index in [0.717, 1.165) is 0 Å². The number of hydrogen-bond acceptors (Lipinski definition) is 5. The minimum absolute atomic E-state index is 0.0428. The van der Waals surface area contributed by atoms with Crippen LogP contribution in [0.1, 0.15) is 32.6 Å². The molecule has 0 aromatic heterocycles. The Morgan fingerprint density at radius 2 is 1.29 bits per heavy atom. The second-order valence-electron chi connectivity index (χ2n) is 6.70. The van der Waals surface area contributed by atoms with Gasteiger partial charge in [0, 0.05) is 26.2 Å². The number of aliphatic carboxylic acids is 1. The van der Waals surface area contributed by atoms with Crippen molar-refractivity contribution < 1.29 is 29.0 Å². The van der Waals surface area contributed by atoms with E-state index in [1.54, 1.807) is 16.7 Å². The van der Waals surface area contributed by atoms with Crippen molar-refractivity contribution in [1.29, 1.82) is 0 Å². The molecule has 2 fully saturated rings. The maximum absolute atomic E-state index is 11.4. The first kappa shape index (κ1) is 23.4. The normalized spacial score (nSPS) is 17.8. The van der Waals surface area contributed by atoms with Gasteiger partial charge >= 0.3 is 11.9 Å². The molecule has 2 heterocycles. The summed E-state index contributed by atoms with van der Waals surface area (Å²) in [5.41, 5.74) is 0. The minimum atomic E-state index is -0.759. The summed E-state index contributed by atoms with van der Waals surface area (Å²) in [6, 6.07) is 0. The summed E-state index contributed by atoms with van der Waals surface area (Å²) in [5.74, 6) is -1.39. The number of piperidine rings is 2. The second kappa shape index (κ2) is 11.9. The van der Waals surface area contributed by atoms with Crippen molar-refractivity contribution >= 4 is 23.8 Å². The number of carbonyl (C=O) groups excluding carboxylic acids is 3. The van der Waals surface area contributed by atoms with Crippen molar-refractivity contribution in [1.82, 2.24) is 9.80 Å². The maximum Gasteiger partial charge on any atom is 0.309 e. The van der Waals surface area contributed by atoms with Gasteiger partial charge < -0.3 is 19.6 Å². The lowest BCUT2D eigenvalue weighted by Gasteiger charge is -2.29. The molecule has 0 radical (unpaired) electrons. The average molecular weight is 394 g/mol. The van der Waals surface area contributed by atoms with E-state index >= 15 is 0 Å². The monoisotopic (exact) mass is 394 g/mol. The van der Waals surface area contributed by atoms with Gasteiger partial charge in [-0.3, -0.25) is 19.2 Å². The minimum Gasteiger partial charge on any atom is -0.481 e. The fourth-order valence-electron chi connectivity index (χ4n) is 3.20. The number of carboxylic acid groups (broad SMARTS) is 1. The lowest BCUT2D eigenvalue weighted by molar-refractivity contribution is -0.150. The van der Waals surface area contributed by atoms with Crippen LogP contribution in [-0.4, -0.2) is 71.4 Å². The van der Waals surface area contributed by atoms with E-state index in [1.807, 2.05) is 0 Å². The molecule has 8 nitrogen and oxygen atoms in total. The molecule has 156 valence electrons. The molecular formula is C20H30N2O6. The molecule has 2 amide bonds. The van der Waals surface area contributed by atoms with E-state index in [1.165, 1.54) is 12.2 Å². The summed E-state index contributed by atoms with van der Waals surface area (Å²) in [5, 5.41) is 8.70. The molecule has 1 N–H and O–H groups in total. The molecule has 0 aliphatic carbocycles. The number of ether oxygens (including phenoxy) is 1. The summed E-state index contributed by atoms with van der Waals surface area (Å²) < 4.78 is 4.94.